The van der Waals surface area contributed by atoms with Crippen molar-refractivity contribution in [2.24, 2.45) is 5.10 Å². The minimum absolute atomic E-state index is 0.233. The Balaban J connectivity index is 1.68. The summed E-state index contributed by atoms with van der Waals surface area (Å²) in [6.07, 6.45) is 1.61. The van der Waals surface area contributed by atoms with Gasteiger partial charge in [0.05, 0.1) is 6.21 Å². The number of hydrazone groups is 1. The van der Waals surface area contributed by atoms with Gasteiger partial charge >= 0.3 is 0 Å². The molecule has 0 bridgehead atoms. The molecule has 0 atom stereocenters. The van der Waals surface area contributed by atoms with E-state index in [1.165, 1.54) is 6.07 Å². The van der Waals surface area contributed by atoms with E-state index in [4.69, 9.17) is 16.3 Å². The Morgan fingerprint density at radius 3 is 2.72 bits per heavy atom. The molecule has 0 saturated carbocycles. The molecule has 6 nitrogen and oxygen atoms in total. The standard InChI is InChI=1S/C18H15ClN4O2/c1-12-9-17(24)22-18(21-12)23-20-11-13-3-2-4-16(10-13)25-15-7-5-14(19)6-8-15/h2-11H,1H3,(H2,21,22,23,24)/b20-11-. The molecule has 2 N–H and O–H groups in total. The van der Waals surface area contributed by atoms with E-state index in [2.05, 4.69) is 20.5 Å². The molecule has 0 amide bonds. The van der Waals surface area contributed by atoms with Gasteiger partial charge in [-0.25, -0.2) is 10.4 Å². The highest BCUT2D eigenvalue weighted by Crippen LogP contribution is 2.23. The number of aromatic amines is 1. The van der Waals surface area contributed by atoms with Crippen LogP contribution in [0.4, 0.5) is 5.95 Å². The van der Waals surface area contributed by atoms with Crippen molar-refractivity contribution in [3.63, 3.8) is 0 Å². The number of aryl methyl sites for hydroxylation is 1. The lowest BCUT2D eigenvalue weighted by atomic mass is 10.2. The molecule has 3 aromatic rings. The summed E-state index contributed by atoms with van der Waals surface area (Å²) in [5, 5.41) is 4.73. The molecule has 0 unspecified atom stereocenters. The van der Waals surface area contributed by atoms with E-state index in [1.807, 2.05) is 24.3 Å². The Kier molecular flexibility index (Phi) is 5.11. The van der Waals surface area contributed by atoms with Crippen LogP contribution in [0.2, 0.25) is 5.02 Å². The minimum atomic E-state index is -0.233. The molecular weight excluding hydrogens is 340 g/mol. The Hall–Kier alpha value is -3.12. The molecule has 0 radical (unpaired) electrons. The van der Waals surface area contributed by atoms with Crippen molar-refractivity contribution in [3.05, 3.63) is 81.2 Å². The number of hydrogen-bond donors (Lipinski definition) is 2. The van der Waals surface area contributed by atoms with E-state index in [0.717, 1.165) is 5.56 Å². The summed E-state index contributed by atoms with van der Waals surface area (Å²) in [5.41, 5.74) is 3.90. The van der Waals surface area contributed by atoms with Gasteiger partial charge in [0, 0.05) is 16.8 Å². The van der Waals surface area contributed by atoms with Crippen LogP contribution in [0, 0.1) is 6.92 Å². The third kappa shape index (κ3) is 4.92. The van der Waals surface area contributed by atoms with Crippen LogP contribution in [0.25, 0.3) is 0 Å². The van der Waals surface area contributed by atoms with Gasteiger partial charge in [0.2, 0.25) is 5.95 Å². The fourth-order valence-corrected chi connectivity index (χ4v) is 2.22. The molecule has 25 heavy (non-hydrogen) atoms. The summed E-state index contributed by atoms with van der Waals surface area (Å²) >= 11 is 5.86. The smallest absolute Gasteiger partial charge is 0.252 e. The van der Waals surface area contributed by atoms with Crippen molar-refractivity contribution < 1.29 is 4.74 Å². The molecule has 0 aliphatic heterocycles. The zero-order valence-corrected chi connectivity index (χ0v) is 14.1. The molecular formula is C18H15ClN4O2. The highest BCUT2D eigenvalue weighted by molar-refractivity contribution is 6.30. The summed E-state index contributed by atoms with van der Waals surface area (Å²) < 4.78 is 5.77. The highest BCUT2D eigenvalue weighted by atomic mass is 35.5. The van der Waals surface area contributed by atoms with Gasteiger partial charge in [-0.15, -0.1) is 0 Å². The maximum absolute atomic E-state index is 11.4. The number of H-pyrrole nitrogens is 1. The van der Waals surface area contributed by atoms with Crippen molar-refractivity contribution >= 4 is 23.8 Å². The topological polar surface area (TPSA) is 79.4 Å². The summed E-state index contributed by atoms with van der Waals surface area (Å²) in [5.74, 6) is 1.65. The van der Waals surface area contributed by atoms with Gasteiger partial charge in [-0.3, -0.25) is 9.78 Å². The Morgan fingerprint density at radius 1 is 1.16 bits per heavy atom. The van der Waals surface area contributed by atoms with E-state index in [0.29, 0.717) is 22.2 Å². The maximum atomic E-state index is 11.4. The zero-order valence-electron chi connectivity index (χ0n) is 13.4. The predicted molar refractivity (Wildman–Crippen MR) is 98.8 cm³/mol. The van der Waals surface area contributed by atoms with Gasteiger partial charge in [-0.05, 0) is 48.9 Å². The Labute approximate surface area is 149 Å². The second kappa shape index (κ2) is 7.63. The molecule has 3 rings (SSSR count). The van der Waals surface area contributed by atoms with Crippen LogP contribution >= 0.6 is 11.6 Å². The van der Waals surface area contributed by atoms with Gasteiger partial charge in [0.1, 0.15) is 11.5 Å². The average Bonchev–Trinajstić information content (AvgIpc) is 2.57. The first-order chi connectivity index (χ1) is 12.1. The number of hydrogen-bond acceptors (Lipinski definition) is 5. The number of nitrogens with one attached hydrogen (secondary N) is 2. The molecule has 126 valence electrons. The molecule has 1 aromatic heterocycles. The van der Waals surface area contributed by atoms with Crippen molar-refractivity contribution in [2.75, 3.05) is 5.43 Å². The average molecular weight is 355 g/mol. The van der Waals surface area contributed by atoms with E-state index >= 15 is 0 Å². The second-order valence-corrected chi connectivity index (χ2v) is 5.67. The quantitative estimate of drug-likeness (QED) is 0.536. The van der Waals surface area contributed by atoms with Crippen LogP contribution in [0.15, 0.2) is 64.5 Å². The Bertz CT molecular complexity index is 952. The monoisotopic (exact) mass is 354 g/mol. The third-order valence-corrected chi connectivity index (χ3v) is 3.41. The lowest BCUT2D eigenvalue weighted by molar-refractivity contribution is 0.482. The second-order valence-electron chi connectivity index (χ2n) is 5.23. The highest BCUT2D eigenvalue weighted by Gasteiger charge is 1.99. The number of benzene rings is 2. The summed E-state index contributed by atoms with van der Waals surface area (Å²) in [7, 11) is 0. The number of anilines is 1. The van der Waals surface area contributed by atoms with E-state index in [9.17, 15) is 4.79 Å². The molecule has 0 aliphatic rings. The Morgan fingerprint density at radius 2 is 1.96 bits per heavy atom. The van der Waals surface area contributed by atoms with Crippen LogP contribution in [-0.2, 0) is 0 Å². The lowest BCUT2D eigenvalue weighted by Gasteiger charge is -2.06. The van der Waals surface area contributed by atoms with Gasteiger partial charge in [0.25, 0.3) is 5.56 Å². The van der Waals surface area contributed by atoms with Gasteiger partial charge in [-0.2, -0.15) is 5.10 Å². The number of ether oxygens (including phenoxy) is 1. The van der Waals surface area contributed by atoms with Crippen molar-refractivity contribution in [2.45, 2.75) is 6.92 Å². The summed E-state index contributed by atoms with van der Waals surface area (Å²) in [4.78, 5) is 18.1. The first-order valence-electron chi connectivity index (χ1n) is 7.49. The molecule has 2 aromatic carbocycles. The van der Waals surface area contributed by atoms with Crippen LogP contribution in [0.1, 0.15) is 11.3 Å². The lowest BCUT2D eigenvalue weighted by Crippen LogP contribution is -2.10. The molecule has 0 saturated heterocycles. The SMILES string of the molecule is Cc1cc(=O)[nH]c(N/N=C\c2cccc(Oc3ccc(Cl)cc3)c2)n1. The van der Waals surface area contributed by atoms with Crippen molar-refractivity contribution in [1.29, 1.82) is 0 Å². The number of nitrogens with zero attached hydrogens (tertiary/aromatic N) is 2. The van der Waals surface area contributed by atoms with Gasteiger partial charge < -0.3 is 4.74 Å². The van der Waals surface area contributed by atoms with E-state index in [1.54, 1.807) is 37.4 Å². The van der Waals surface area contributed by atoms with Gasteiger partial charge in [-0.1, -0.05) is 23.7 Å². The van der Waals surface area contributed by atoms with Crippen molar-refractivity contribution in [3.8, 4) is 11.5 Å². The predicted octanol–water partition coefficient (Wildman–Crippen LogP) is 3.97. The number of rotatable bonds is 5. The van der Waals surface area contributed by atoms with Crippen LogP contribution in [0.3, 0.4) is 0 Å². The first kappa shape index (κ1) is 16.7. The molecule has 1 heterocycles. The fourth-order valence-electron chi connectivity index (χ4n) is 2.10. The summed E-state index contributed by atoms with van der Waals surface area (Å²) in [6, 6.07) is 16.0. The molecule has 0 spiro atoms. The maximum Gasteiger partial charge on any atom is 0.252 e. The number of aromatic nitrogens is 2. The third-order valence-electron chi connectivity index (χ3n) is 3.16. The zero-order chi connectivity index (χ0) is 17.6. The normalized spacial score (nSPS) is 10.8. The van der Waals surface area contributed by atoms with E-state index < -0.39 is 0 Å². The fraction of sp³-hybridized carbons (Fsp3) is 0.0556. The molecule has 7 heteroatoms. The van der Waals surface area contributed by atoms with Gasteiger partial charge in [0.15, 0.2) is 0 Å². The largest absolute Gasteiger partial charge is 0.457 e. The van der Waals surface area contributed by atoms with Crippen molar-refractivity contribution in [1.82, 2.24) is 9.97 Å². The van der Waals surface area contributed by atoms with Crippen LogP contribution in [-0.4, -0.2) is 16.2 Å². The van der Waals surface area contributed by atoms with Crippen LogP contribution < -0.4 is 15.7 Å². The summed E-state index contributed by atoms with van der Waals surface area (Å²) in [6.45, 7) is 1.74. The molecule has 0 aliphatic carbocycles. The number of halogens is 1. The first-order valence-corrected chi connectivity index (χ1v) is 7.87. The van der Waals surface area contributed by atoms with Crippen LogP contribution in [0.5, 0.6) is 11.5 Å². The minimum Gasteiger partial charge on any atom is -0.457 e. The van der Waals surface area contributed by atoms with E-state index in [-0.39, 0.29) is 11.5 Å². The molecule has 0 fully saturated rings.